The Kier molecular flexibility index (Phi) is 5.91. The Labute approximate surface area is 169 Å². The van der Waals surface area contributed by atoms with Crippen molar-refractivity contribution in [3.05, 3.63) is 82.7 Å². The van der Waals surface area contributed by atoms with E-state index in [1.165, 1.54) is 19.1 Å². The first-order valence-corrected chi connectivity index (χ1v) is 8.83. The van der Waals surface area contributed by atoms with E-state index in [1.54, 1.807) is 37.3 Å². The number of carbonyl (C=O) groups is 2. The molecule has 30 heavy (non-hydrogen) atoms. The first kappa shape index (κ1) is 21.1. The minimum Gasteiger partial charge on any atom is -0.444 e. The average molecular weight is 418 g/mol. The van der Waals surface area contributed by atoms with Crippen LogP contribution in [0.4, 0.5) is 18.9 Å². The summed E-state index contributed by atoms with van der Waals surface area (Å²) in [7, 11) is 0. The molecule has 2 aromatic carbocycles. The van der Waals surface area contributed by atoms with Crippen LogP contribution in [-0.2, 0) is 15.7 Å². The van der Waals surface area contributed by atoms with Crippen LogP contribution in [0.1, 0.15) is 39.0 Å². The monoisotopic (exact) mass is 418 g/mol. The Morgan fingerprint density at radius 3 is 2.37 bits per heavy atom. The molecule has 0 fully saturated rings. The number of aromatic nitrogens is 1. The molecule has 3 aromatic rings. The molecule has 1 amide bonds. The number of esters is 1. The van der Waals surface area contributed by atoms with Gasteiger partial charge in [0.25, 0.3) is 5.91 Å². The van der Waals surface area contributed by atoms with E-state index in [0.717, 1.165) is 12.1 Å². The number of hydrogen-bond donors (Lipinski definition) is 1. The van der Waals surface area contributed by atoms with Crippen molar-refractivity contribution in [1.29, 1.82) is 0 Å². The van der Waals surface area contributed by atoms with Gasteiger partial charge in [-0.05, 0) is 32.0 Å². The summed E-state index contributed by atoms with van der Waals surface area (Å²) < 4.78 is 49.2. The number of ether oxygens (including phenoxy) is 1. The van der Waals surface area contributed by atoms with Crippen LogP contribution in [0.15, 0.2) is 59.1 Å². The fraction of sp³-hybridized carbons (Fsp3) is 0.190. The van der Waals surface area contributed by atoms with Gasteiger partial charge < -0.3 is 14.6 Å². The zero-order chi connectivity index (χ0) is 21.9. The summed E-state index contributed by atoms with van der Waals surface area (Å²) in [6, 6.07) is 12.3. The van der Waals surface area contributed by atoms with Gasteiger partial charge >= 0.3 is 12.1 Å². The molecule has 0 saturated heterocycles. The van der Waals surface area contributed by atoms with Crippen molar-refractivity contribution in [2.75, 3.05) is 5.32 Å². The number of aryl methyl sites for hydroxylation is 2. The van der Waals surface area contributed by atoms with Gasteiger partial charge in [0.15, 0.2) is 0 Å². The third kappa shape index (κ3) is 4.68. The molecule has 3 rings (SSSR count). The van der Waals surface area contributed by atoms with E-state index < -0.39 is 29.7 Å². The van der Waals surface area contributed by atoms with Crippen LogP contribution in [0.5, 0.6) is 0 Å². The molecule has 1 heterocycles. The lowest BCUT2D eigenvalue weighted by molar-refractivity contribution is -0.137. The Bertz CT molecular complexity index is 1040. The summed E-state index contributed by atoms with van der Waals surface area (Å²) in [5, 5.41) is 6.06. The van der Waals surface area contributed by atoms with E-state index in [0.29, 0.717) is 11.3 Å². The largest absolute Gasteiger partial charge is 0.444 e. The van der Waals surface area contributed by atoms with Gasteiger partial charge in [-0.15, -0.1) is 0 Å². The van der Waals surface area contributed by atoms with Crippen LogP contribution in [0.25, 0.3) is 0 Å². The highest BCUT2D eigenvalue weighted by molar-refractivity contribution is 5.98. The standard InChI is InChI=1S/C21H17F3N2O4/c1-12-17(13(2)30-26-12)20(28)29-18(14-7-4-3-5-8-14)19(27)25-16-10-6-9-15(11-16)21(22,23)24/h3-11,18H,1-2H3,(H,25,27). The number of amides is 1. The van der Waals surface area contributed by atoms with Crippen LogP contribution in [0.3, 0.4) is 0 Å². The number of nitrogens with one attached hydrogen (secondary N) is 1. The normalized spacial score (nSPS) is 12.3. The number of rotatable bonds is 5. The van der Waals surface area contributed by atoms with Gasteiger partial charge in [0.05, 0.1) is 11.3 Å². The predicted molar refractivity (Wildman–Crippen MR) is 101 cm³/mol. The maximum atomic E-state index is 12.9. The number of carbonyl (C=O) groups excluding carboxylic acids is 2. The molecule has 0 radical (unpaired) electrons. The van der Waals surface area contributed by atoms with E-state index in [2.05, 4.69) is 10.5 Å². The third-order valence-corrected chi connectivity index (χ3v) is 4.26. The second-order valence-corrected chi connectivity index (χ2v) is 6.46. The number of anilines is 1. The number of nitrogens with zero attached hydrogens (tertiary/aromatic N) is 1. The zero-order valence-electron chi connectivity index (χ0n) is 16.0. The fourth-order valence-corrected chi connectivity index (χ4v) is 2.82. The Balaban J connectivity index is 1.88. The molecule has 1 atom stereocenters. The second kappa shape index (κ2) is 8.40. The lowest BCUT2D eigenvalue weighted by atomic mass is 10.1. The van der Waals surface area contributed by atoms with Crippen molar-refractivity contribution in [1.82, 2.24) is 5.16 Å². The molecule has 0 spiro atoms. The van der Waals surface area contributed by atoms with E-state index >= 15 is 0 Å². The minimum absolute atomic E-state index is 0.0795. The highest BCUT2D eigenvalue weighted by Gasteiger charge is 2.32. The second-order valence-electron chi connectivity index (χ2n) is 6.46. The molecule has 0 bridgehead atoms. The average Bonchev–Trinajstić information content (AvgIpc) is 3.04. The molecule has 0 aliphatic rings. The summed E-state index contributed by atoms with van der Waals surface area (Å²) in [5.41, 5.74) is -0.263. The topological polar surface area (TPSA) is 81.4 Å². The van der Waals surface area contributed by atoms with Crippen LogP contribution < -0.4 is 5.32 Å². The van der Waals surface area contributed by atoms with E-state index in [-0.39, 0.29) is 17.0 Å². The lowest BCUT2D eigenvalue weighted by Gasteiger charge is -2.18. The summed E-state index contributed by atoms with van der Waals surface area (Å²) in [6.45, 7) is 3.07. The zero-order valence-corrected chi connectivity index (χ0v) is 16.0. The predicted octanol–water partition coefficient (Wildman–Crippen LogP) is 4.85. The molecule has 0 saturated carbocycles. The first-order valence-electron chi connectivity index (χ1n) is 8.83. The van der Waals surface area contributed by atoms with Crippen LogP contribution in [0, 0.1) is 13.8 Å². The van der Waals surface area contributed by atoms with E-state index in [9.17, 15) is 22.8 Å². The van der Waals surface area contributed by atoms with E-state index in [1.807, 2.05) is 0 Å². The third-order valence-electron chi connectivity index (χ3n) is 4.26. The molecule has 0 aliphatic heterocycles. The van der Waals surface area contributed by atoms with Gasteiger partial charge in [-0.25, -0.2) is 4.79 Å². The van der Waals surface area contributed by atoms with Crippen molar-refractivity contribution in [2.24, 2.45) is 0 Å². The Morgan fingerprint density at radius 1 is 1.07 bits per heavy atom. The van der Waals surface area contributed by atoms with Crippen molar-refractivity contribution < 1.29 is 32.0 Å². The number of alkyl halides is 3. The van der Waals surface area contributed by atoms with Crippen LogP contribution in [-0.4, -0.2) is 17.0 Å². The molecular formula is C21H17F3N2O4. The molecule has 9 heteroatoms. The van der Waals surface area contributed by atoms with Crippen LogP contribution >= 0.6 is 0 Å². The van der Waals surface area contributed by atoms with Gasteiger partial charge in [-0.1, -0.05) is 41.6 Å². The number of benzene rings is 2. The highest BCUT2D eigenvalue weighted by atomic mass is 19.4. The van der Waals surface area contributed by atoms with Crippen LogP contribution in [0.2, 0.25) is 0 Å². The minimum atomic E-state index is -4.56. The van der Waals surface area contributed by atoms with Crippen molar-refractivity contribution >= 4 is 17.6 Å². The smallest absolute Gasteiger partial charge is 0.416 e. The Hall–Kier alpha value is -3.62. The Morgan fingerprint density at radius 2 is 1.77 bits per heavy atom. The van der Waals surface area contributed by atoms with Gasteiger partial charge in [-0.2, -0.15) is 13.2 Å². The lowest BCUT2D eigenvalue weighted by Crippen LogP contribution is -2.26. The molecule has 0 aliphatic carbocycles. The molecule has 6 nitrogen and oxygen atoms in total. The maximum Gasteiger partial charge on any atom is 0.416 e. The number of hydrogen-bond acceptors (Lipinski definition) is 5. The van der Waals surface area contributed by atoms with Gasteiger partial charge in [0.2, 0.25) is 6.10 Å². The number of halogens is 3. The summed E-state index contributed by atoms with van der Waals surface area (Å²) in [4.78, 5) is 25.5. The van der Waals surface area contributed by atoms with Gasteiger partial charge in [-0.3, -0.25) is 4.79 Å². The van der Waals surface area contributed by atoms with Crippen molar-refractivity contribution in [3.8, 4) is 0 Å². The summed E-state index contributed by atoms with van der Waals surface area (Å²) in [5.74, 6) is -1.41. The molecular weight excluding hydrogens is 401 g/mol. The van der Waals surface area contributed by atoms with Crippen molar-refractivity contribution in [2.45, 2.75) is 26.1 Å². The molecule has 156 valence electrons. The molecule has 1 N–H and O–H groups in total. The van der Waals surface area contributed by atoms with Crippen molar-refractivity contribution in [3.63, 3.8) is 0 Å². The fourth-order valence-electron chi connectivity index (χ4n) is 2.82. The van der Waals surface area contributed by atoms with Gasteiger partial charge in [0.1, 0.15) is 11.3 Å². The maximum absolute atomic E-state index is 12.9. The van der Waals surface area contributed by atoms with Gasteiger partial charge in [0, 0.05) is 11.3 Å². The SMILES string of the molecule is Cc1noc(C)c1C(=O)OC(C(=O)Nc1cccc(C(F)(F)F)c1)c1ccccc1. The summed E-state index contributed by atoms with van der Waals surface area (Å²) in [6.07, 6.45) is -5.96. The summed E-state index contributed by atoms with van der Waals surface area (Å²) >= 11 is 0. The molecule has 1 unspecified atom stereocenters. The molecule has 1 aromatic heterocycles. The quantitative estimate of drug-likeness (QED) is 0.600. The first-order chi connectivity index (χ1) is 14.2. The van der Waals surface area contributed by atoms with E-state index in [4.69, 9.17) is 9.26 Å². The highest BCUT2D eigenvalue weighted by Crippen LogP contribution is 2.31.